The molecule has 1 saturated heterocycles. The van der Waals surface area contributed by atoms with E-state index in [-0.39, 0.29) is 0 Å². The van der Waals surface area contributed by atoms with Gasteiger partial charge in [0.15, 0.2) is 0 Å². The topological polar surface area (TPSA) is 15.3 Å². The molecule has 2 fully saturated rings. The van der Waals surface area contributed by atoms with Crippen LogP contribution in [-0.2, 0) is 0 Å². The van der Waals surface area contributed by atoms with Gasteiger partial charge in [-0.05, 0) is 44.9 Å². The van der Waals surface area contributed by atoms with Crippen LogP contribution in [0.3, 0.4) is 0 Å². The number of rotatable bonds is 8. The van der Waals surface area contributed by atoms with Gasteiger partial charge in [-0.15, -0.1) is 0 Å². The van der Waals surface area contributed by atoms with Crippen LogP contribution in [-0.4, -0.2) is 35.6 Å². The molecule has 0 radical (unpaired) electrons. The van der Waals surface area contributed by atoms with E-state index in [1.807, 2.05) is 0 Å². The maximum Gasteiger partial charge on any atom is 0.0309 e. The van der Waals surface area contributed by atoms with Crippen molar-refractivity contribution in [1.29, 1.82) is 0 Å². The van der Waals surface area contributed by atoms with Crippen LogP contribution < -0.4 is 5.32 Å². The summed E-state index contributed by atoms with van der Waals surface area (Å²) in [5.41, 5.74) is 0.378. The highest BCUT2D eigenvalue weighted by Gasteiger charge is 2.47. The van der Waals surface area contributed by atoms with E-state index in [1.54, 1.807) is 0 Å². The van der Waals surface area contributed by atoms with Crippen molar-refractivity contribution in [3.63, 3.8) is 0 Å². The lowest BCUT2D eigenvalue weighted by molar-refractivity contribution is 0.0203. The van der Waals surface area contributed by atoms with E-state index in [9.17, 15) is 0 Å². The average molecular weight is 295 g/mol. The molecule has 21 heavy (non-hydrogen) atoms. The molecule has 0 aromatic carbocycles. The van der Waals surface area contributed by atoms with Gasteiger partial charge < -0.3 is 5.32 Å². The van der Waals surface area contributed by atoms with Crippen LogP contribution in [0.25, 0.3) is 0 Å². The van der Waals surface area contributed by atoms with Crippen molar-refractivity contribution in [2.24, 2.45) is 11.8 Å². The van der Waals surface area contributed by atoms with E-state index in [4.69, 9.17) is 0 Å². The third-order valence-corrected chi connectivity index (χ3v) is 5.94. The molecule has 3 atom stereocenters. The first-order chi connectivity index (χ1) is 9.98. The summed E-state index contributed by atoms with van der Waals surface area (Å²) in [6.45, 7) is 14.5. The molecule has 2 heteroatoms. The Bertz CT molecular complexity index is 311. The monoisotopic (exact) mass is 294 g/mol. The minimum Gasteiger partial charge on any atom is -0.308 e. The Morgan fingerprint density at radius 3 is 2.43 bits per heavy atom. The Morgan fingerprint density at radius 2 is 1.86 bits per heavy atom. The van der Waals surface area contributed by atoms with E-state index in [1.165, 1.54) is 58.0 Å². The van der Waals surface area contributed by atoms with Gasteiger partial charge in [0.05, 0.1) is 0 Å². The first kappa shape index (κ1) is 17.3. The third kappa shape index (κ3) is 4.45. The number of hydrogen-bond acceptors (Lipinski definition) is 2. The third-order valence-electron chi connectivity index (χ3n) is 5.94. The number of nitrogens with one attached hydrogen (secondary N) is 1. The van der Waals surface area contributed by atoms with Gasteiger partial charge in [-0.25, -0.2) is 0 Å². The molecular weight excluding hydrogens is 256 g/mol. The van der Waals surface area contributed by atoms with Gasteiger partial charge in [0.1, 0.15) is 0 Å². The second-order valence-corrected chi connectivity index (χ2v) is 8.25. The summed E-state index contributed by atoms with van der Waals surface area (Å²) in [6.07, 6.45) is 9.83. The van der Waals surface area contributed by atoms with Crippen molar-refractivity contribution >= 4 is 0 Å². The van der Waals surface area contributed by atoms with Crippen molar-refractivity contribution in [2.75, 3.05) is 13.1 Å². The van der Waals surface area contributed by atoms with E-state index >= 15 is 0 Å². The van der Waals surface area contributed by atoms with Gasteiger partial charge >= 0.3 is 0 Å². The average Bonchev–Trinajstić information content (AvgIpc) is 3.28. The van der Waals surface area contributed by atoms with Crippen molar-refractivity contribution < 1.29 is 0 Å². The molecule has 0 spiro atoms. The van der Waals surface area contributed by atoms with Gasteiger partial charge in [-0.2, -0.15) is 0 Å². The minimum atomic E-state index is 0.378. The van der Waals surface area contributed by atoms with E-state index in [0.29, 0.717) is 5.54 Å². The van der Waals surface area contributed by atoms with Crippen LogP contribution in [0.2, 0.25) is 0 Å². The second-order valence-electron chi connectivity index (χ2n) is 8.25. The van der Waals surface area contributed by atoms with Gasteiger partial charge in [0.25, 0.3) is 0 Å². The number of unbranched alkanes of at least 4 members (excludes halogenated alkanes) is 3. The van der Waals surface area contributed by atoms with Crippen LogP contribution in [0.15, 0.2) is 0 Å². The normalized spacial score (nSPS) is 32.6. The zero-order valence-corrected chi connectivity index (χ0v) is 15.1. The summed E-state index contributed by atoms with van der Waals surface area (Å²) in [7, 11) is 0. The first-order valence-corrected chi connectivity index (χ1v) is 9.48. The Labute approximate surface area is 133 Å². The molecule has 1 N–H and O–H groups in total. The summed E-state index contributed by atoms with van der Waals surface area (Å²) in [6, 6.07) is 1.47. The molecule has 1 aliphatic carbocycles. The van der Waals surface area contributed by atoms with Gasteiger partial charge in [0, 0.05) is 30.7 Å². The molecule has 0 bridgehead atoms. The highest BCUT2D eigenvalue weighted by atomic mass is 15.3. The molecule has 1 aliphatic heterocycles. The molecule has 0 aromatic heterocycles. The molecule has 1 saturated carbocycles. The molecular formula is C19H38N2. The first-order valence-electron chi connectivity index (χ1n) is 9.48. The van der Waals surface area contributed by atoms with Crippen LogP contribution >= 0.6 is 0 Å². The Kier molecular flexibility index (Phi) is 6.14. The zero-order chi connectivity index (χ0) is 15.5. The van der Waals surface area contributed by atoms with Gasteiger partial charge in [-0.1, -0.05) is 46.5 Å². The largest absolute Gasteiger partial charge is 0.308 e. The zero-order valence-electron chi connectivity index (χ0n) is 15.1. The minimum absolute atomic E-state index is 0.378. The summed E-state index contributed by atoms with van der Waals surface area (Å²) in [5.74, 6) is 1.68. The number of hydrogen-bond donors (Lipinski definition) is 1. The fourth-order valence-corrected chi connectivity index (χ4v) is 4.14. The highest BCUT2D eigenvalue weighted by Crippen LogP contribution is 2.42. The molecule has 0 aromatic rings. The van der Waals surface area contributed by atoms with Crippen molar-refractivity contribution in [3.8, 4) is 0 Å². The van der Waals surface area contributed by atoms with Gasteiger partial charge in [-0.3, -0.25) is 4.90 Å². The van der Waals surface area contributed by atoms with Crippen LogP contribution in [0, 0.1) is 11.8 Å². The number of nitrogens with zero attached hydrogens (tertiary/aromatic N) is 1. The van der Waals surface area contributed by atoms with Crippen LogP contribution in [0.1, 0.15) is 79.6 Å². The summed E-state index contributed by atoms with van der Waals surface area (Å²) in [5, 5.41) is 3.91. The van der Waals surface area contributed by atoms with Crippen molar-refractivity contribution in [2.45, 2.75) is 97.2 Å². The molecule has 3 unspecified atom stereocenters. The maximum absolute atomic E-state index is 3.91. The van der Waals surface area contributed by atoms with Crippen molar-refractivity contribution in [3.05, 3.63) is 0 Å². The maximum atomic E-state index is 3.91. The Hall–Kier alpha value is -0.0800. The standard InChI is InChI=1S/C19H38N2/c1-6-7-8-9-10-16(4)21-14-19(5,17-11-12-17)20-13-18(21)15(2)3/h15-18,20H,6-14H2,1-5H3. The highest BCUT2D eigenvalue weighted by molar-refractivity contribution is 5.05. The lowest BCUT2D eigenvalue weighted by Crippen LogP contribution is -2.66. The van der Waals surface area contributed by atoms with Crippen LogP contribution in [0.5, 0.6) is 0 Å². The molecule has 2 rings (SSSR count). The molecule has 124 valence electrons. The number of piperazine rings is 1. The quantitative estimate of drug-likeness (QED) is 0.666. The fraction of sp³-hybridized carbons (Fsp3) is 1.00. The molecule has 2 nitrogen and oxygen atoms in total. The SMILES string of the molecule is CCCCCCC(C)N1CC(C)(C2CC2)NCC1C(C)C. The molecule has 1 heterocycles. The van der Waals surface area contributed by atoms with Crippen molar-refractivity contribution in [1.82, 2.24) is 10.2 Å². The summed E-state index contributed by atoms with van der Waals surface area (Å²) in [4.78, 5) is 2.85. The summed E-state index contributed by atoms with van der Waals surface area (Å²) >= 11 is 0. The lowest BCUT2D eigenvalue weighted by Gasteiger charge is -2.50. The van der Waals surface area contributed by atoms with E-state index in [0.717, 1.165) is 23.9 Å². The lowest BCUT2D eigenvalue weighted by atomic mass is 9.86. The Morgan fingerprint density at radius 1 is 1.14 bits per heavy atom. The van der Waals surface area contributed by atoms with E-state index < -0.39 is 0 Å². The second kappa shape index (κ2) is 7.46. The van der Waals surface area contributed by atoms with Gasteiger partial charge in [0.2, 0.25) is 0 Å². The Balaban J connectivity index is 1.93. The van der Waals surface area contributed by atoms with Crippen LogP contribution in [0.4, 0.5) is 0 Å². The predicted octanol–water partition coefficient (Wildman–Crippen LogP) is 4.44. The van der Waals surface area contributed by atoms with E-state index in [2.05, 4.69) is 44.8 Å². The molecule has 2 aliphatic rings. The summed E-state index contributed by atoms with van der Waals surface area (Å²) < 4.78 is 0. The predicted molar refractivity (Wildman–Crippen MR) is 92.7 cm³/mol. The fourth-order valence-electron chi connectivity index (χ4n) is 4.14. The molecule has 0 amide bonds. The smallest absolute Gasteiger partial charge is 0.0309 e.